The molecule has 6 heteroatoms. The molecule has 0 atom stereocenters. The minimum absolute atomic E-state index is 0.752. The first-order valence-corrected chi connectivity index (χ1v) is 6.20. The van der Waals surface area contributed by atoms with Crippen LogP contribution in [0.3, 0.4) is 0 Å². The first-order chi connectivity index (χ1) is 9.34. The number of hydrogen-bond donors (Lipinski definition) is 0. The van der Waals surface area contributed by atoms with Gasteiger partial charge in [-0.15, -0.1) is 5.10 Å². The van der Waals surface area contributed by atoms with Crippen LogP contribution in [0, 0.1) is 0 Å². The van der Waals surface area contributed by atoms with E-state index < -0.39 is 0 Å². The summed E-state index contributed by atoms with van der Waals surface area (Å²) in [5, 5.41) is 8.20. The molecule has 0 saturated carbocycles. The van der Waals surface area contributed by atoms with Crippen LogP contribution in [0.5, 0.6) is 0 Å². The Morgan fingerprint density at radius 2 is 2.05 bits per heavy atom. The molecular formula is C13H12N6. The standard InChI is InChI=1S/C13H12N6/c1-18-12-11(16-17-18)13(15-8-14-12)19-7-6-9-4-2-3-5-10(9)19/h2-5,8H,6-7H2,1H3. The molecule has 4 rings (SSSR count). The van der Waals surface area contributed by atoms with E-state index in [0.29, 0.717) is 0 Å². The number of fused-ring (bicyclic) bond motifs is 2. The molecule has 1 aliphatic rings. The van der Waals surface area contributed by atoms with Crippen LogP contribution < -0.4 is 4.90 Å². The highest BCUT2D eigenvalue weighted by molar-refractivity contribution is 5.86. The molecule has 0 N–H and O–H groups in total. The Morgan fingerprint density at radius 3 is 3.00 bits per heavy atom. The number of anilines is 2. The molecule has 0 radical (unpaired) electrons. The van der Waals surface area contributed by atoms with E-state index in [-0.39, 0.29) is 0 Å². The Labute approximate surface area is 109 Å². The van der Waals surface area contributed by atoms with Crippen LogP contribution in [0.25, 0.3) is 11.2 Å². The summed E-state index contributed by atoms with van der Waals surface area (Å²) in [6.45, 7) is 0.919. The van der Waals surface area contributed by atoms with E-state index in [4.69, 9.17) is 0 Å². The van der Waals surface area contributed by atoms with E-state index in [1.807, 2.05) is 13.1 Å². The molecule has 19 heavy (non-hydrogen) atoms. The molecule has 94 valence electrons. The van der Waals surface area contributed by atoms with Crippen molar-refractivity contribution in [3.63, 3.8) is 0 Å². The van der Waals surface area contributed by atoms with Crippen LogP contribution in [0.15, 0.2) is 30.6 Å². The zero-order chi connectivity index (χ0) is 12.8. The molecule has 3 aromatic rings. The van der Waals surface area contributed by atoms with Crippen LogP contribution in [-0.2, 0) is 13.5 Å². The lowest BCUT2D eigenvalue weighted by Gasteiger charge is -2.17. The van der Waals surface area contributed by atoms with Gasteiger partial charge in [-0.3, -0.25) is 0 Å². The van der Waals surface area contributed by atoms with Gasteiger partial charge in [-0.1, -0.05) is 23.4 Å². The van der Waals surface area contributed by atoms with E-state index >= 15 is 0 Å². The summed E-state index contributed by atoms with van der Waals surface area (Å²) in [5.41, 5.74) is 4.06. The molecule has 6 nitrogen and oxygen atoms in total. The monoisotopic (exact) mass is 252 g/mol. The molecular weight excluding hydrogens is 240 g/mol. The Kier molecular flexibility index (Phi) is 2.05. The number of rotatable bonds is 1. The van der Waals surface area contributed by atoms with Crippen molar-refractivity contribution in [1.29, 1.82) is 0 Å². The fraction of sp³-hybridized carbons (Fsp3) is 0.231. The van der Waals surface area contributed by atoms with Gasteiger partial charge >= 0.3 is 0 Å². The maximum Gasteiger partial charge on any atom is 0.183 e. The minimum Gasteiger partial charge on any atom is -0.324 e. The van der Waals surface area contributed by atoms with Crippen molar-refractivity contribution in [1.82, 2.24) is 25.0 Å². The third-order valence-electron chi connectivity index (χ3n) is 3.51. The highest BCUT2D eigenvalue weighted by Crippen LogP contribution is 2.35. The van der Waals surface area contributed by atoms with Crippen molar-refractivity contribution < 1.29 is 0 Å². The Balaban J connectivity index is 1.93. The van der Waals surface area contributed by atoms with E-state index in [1.165, 1.54) is 11.3 Å². The van der Waals surface area contributed by atoms with Gasteiger partial charge in [-0.05, 0) is 18.1 Å². The second-order valence-corrected chi connectivity index (χ2v) is 4.61. The Morgan fingerprint density at radius 1 is 1.16 bits per heavy atom. The van der Waals surface area contributed by atoms with Gasteiger partial charge in [0.2, 0.25) is 0 Å². The van der Waals surface area contributed by atoms with Crippen molar-refractivity contribution in [2.24, 2.45) is 7.05 Å². The summed E-state index contributed by atoms with van der Waals surface area (Å²) in [6, 6.07) is 8.39. The number of benzene rings is 1. The van der Waals surface area contributed by atoms with Crippen LogP contribution in [0.1, 0.15) is 5.56 Å². The first kappa shape index (κ1) is 10.4. The summed E-state index contributed by atoms with van der Waals surface area (Å²) >= 11 is 0. The van der Waals surface area contributed by atoms with Gasteiger partial charge in [0.15, 0.2) is 17.0 Å². The Hall–Kier alpha value is -2.50. The maximum atomic E-state index is 4.40. The molecule has 0 fully saturated rings. The van der Waals surface area contributed by atoms with Crippen LogP contribution in [0.2, 0.25) is 0 Å². The first-order valence-electron chi connectivity index (χ1n) is 6.20. The molecule has 0 spiro atoms. The molecule has 0 unspecified atom stereocenters. The van der Waals surface area contributed by atoms with Crippen LogP contribution in [0.4, 0.5) is 11.5 Å². The second-order valence-electron chi connectivity index (χ2n) is 4.61. The van der Waals surface area contributed by atoms with Gasteiger partial charge < -0.3 is 4.90 Å². The van der Waals surface area contributed by atoms with Gasteiger partial charge in [0.1, 0.15) is 6.33 Å². The van der Waals surface area contributed by atoms with Crippen molar-refractivity contribution in [3.8, 4) is 0 Å². The highest BCUT2D eigenvalue weighted by Gasteiger charge is 2.24. The predicted octanol–water partition coefficient (Wildman–Crippen LogP) is 1.45. The van der Waals surface area contributed by atoms with Gasteiger partial charge in [0.05, 0.1) is 0 Å². The van der Waals surface area contributed by atoms with Crippen LogP contribution >= 0.6 is 0 Å². The smallest absolute Gasteiger partial charge is 0.183 e. The van der Waals surface area contributed by atoms with E-state index in [0.717, 1.165) is 29.9 Å². The van der Waals surface area contributed by atoms with Gasteiger partial charge in [-0.2, -0.15) is 0 Å². The molecule has 1 aromatic carbocycles. The van der Waals surface area contributed by atoms with Crippen molar-refractivity contribution in [3.05, 3.63) is 36.2 Å². The third-order valence-corrected chi connectivity index (χ3v) is 3.51. The second kappa shape index (κ2) is 3.74. The van der Waals surface area contributed by atoms with Gasteiger partial charge in [0, 0.05) is 19.3 Å². The fourth-order valence-corrected chi connectivity index (χ4v) is 2.60. The lowest BCUT2D eigenvalue weighted by atomic mass is 10.2. The predicted molar refractivity (Wildman–Crippen MR) is 71.3 cm³/mol. The molecule has 0 aliphatic carbocycles. The quantitative estimate of drug-likeness (QED) is 0.656. The van der Waals surface area contributed by atoms with E-state index in [9.17, 15) is 0 Å². The summed E-state index contributed by atoms with van der Waals surface area (Å²) in [6.07, 6.45) is 2.60. The van der Waals surface area contributed by atoms with Crippen molar-refractivity contribution >= 4 is 22.7 Å². The normalized spacial score (nSPS) is 14.1. The molecule has 0 bridgehead atoms. The number of aromatic nitrogens is 5. The lowest BCUT2D eigenvalue weighted by Crippen LogP contribution is -2.15. The minimum atomic E-state index is 0.752. The highest BCUT2D eigenvalue weighted by atomic mass is 15.4. The van der Waals surface area contributed by atoms with E-state index in [2.05, 4.69) is 43.4 Å². The number of nitrogens with zero attached hydrogens (tertiary/aromatic N) is 6. The topological polar surface area (TPSA) is 59.7 Å². The number of hydrogen-bond acceptors (Lipinski definition) is 5. The maximum absolute atomic E-state index is 4.40. The fourth-order valence-electron chi connectivity index (χ4n) is 2.60. The third kappa shape index (κ3) is 1.43. The number of para-hydroxylation sites is 1. The molecule has 0 saturated heterocycles. The number of aryl methyl sites for hydroxylation is 1. The summed E-state index contributed by atoms with van der Waals surface area (Å²) in [4.78, 5) is 10.8. The average molecular weight is 252 g/mol. The van der Waals surface area contributed by atoms with Crippen LogP contribution in [-0.4, -0.2) is 31.5 Å². The average Bonchev–Trinajstić information content (AvgIpc) is 3.03. The van der Waals surface area contributed by atoms with Gasteiger partial charge in [-0.25, -0.2) is 14.6 Å². The molecule has 0 amide bonds. The zero-order valence-electron chi connectivity index (χ0n) is 10.5. The van der Waals surface area contributed by atoms with Crippen molar-refractivity contribution in [2.45, 2.75) is 6.42 Å². The zero-order valence-corrected chi connectivity index (χ0v) is 10.5. The summed E-state index contributed by atoms with van der Waals surface area (Å²) in [7, 11) is 1.84. The molecule has 1 aliphatic heterocycles. The Bertz CT molecular complexity index is 763. The van der Waals surface area contributed by atoms with E-state index in [1.54, 1.807) is 11.0 Å². The SMILES string of the molecule is Cn1nnc2c(N3CCc4ccccc43)ncnc21. The molecule has 2 aromatic heterocycles. The summed E-state index contributed by atoms with van der Waals surface area (Å²) in [5.74, 6) is 0.836. The lowest BCUT2D eigenvalue weighted by molar-refractivity contribution is 0.729. The molecule has 3 heterocycles. The largest absolute Gasteiger partial charge is 0.324 e. The summed E-state index contributed by atoms with van der Waals surface area (Å²) < 4.78 is 1.67. The van der Waals surface area contributed by atoms with Crippen molar-refractivity contribution in [2.75, 3.05) is 11.4 Å². The van der Waals surface area contributed by atoms with Gasteiger partial charge in [0.25, 0.3) is 0 Å².